The van der Waals surface area contributed by atoms with E-state index in [0.29, 0.717) is 6.42 Å². The first kappa shape index (κ1) is 13.9. The molecule has 4 nitrogen and oxygen atoms in total. The fourth-order valence-electron chi connectivity index (χ4n) is 2.59. The maximum atomic E-state index is 12.3. The summed E-state index contributed by atoms with van der Waals surface area (Å²) >= 11 is 0. The molecule has 1 fully saturated rings. The first-order chi connectivity index (χ1) is 9.17. The average Bonchev–Trinajstić information content (AvgIpc) is 2.95. The second-order valence-corrected chi connectivity index (χ2v) is 4.98. The third kappa shape index (κ3) is 2.89. The standard InChI is InChI=1S/C15H22N2O2/c1-3-13(16)15(18)17-10-4-5-14(17)11-6-8-12(19-2)9-7-11/h6-9,13-14H,3-5,10,16H2,1-2H3. The maximum absolute atomic E-state index is 12.3. The van der Waals surface area contributed by atoms with Gasteiger partial charge in [-0.25, -0.2) is 0 Å². The van der Waals surface area contributed by atoms with Gasteiger partial charge in [-0.05, 0) is 37.0 Å². The van der Waals surface area contributed by atoms with Crippen molar-refractivity contribution in [2.24, 2.45) is 5.73 Å². The van der Waals surface area contributed by atoms with Crippen molar-refractivity contribution in [3.8, 4) is 5.75 Å². The van der Waals surface area contributed by atoms with E-state index in [4.69, 9.17) is 10.5 Å². The van der Waals surface area contributed by atoms with Crippen molar-refractivity contribution in [1.82, 2.24) is 4.90 Å². The Morgan fingerprint density at radius 2 is 2.16 bits per heavy atom. The molecule has 19 heavy (non-hydrogen) atoms. The van der Waals surface area contributed by atoms with Gasteiger partial charge in [0.2, 0.25) is 5.91 Å². The number of methoxy groups -OCH3 is 1. The number of rotatable bonds is 4. The summed E-state index contributed by atoms with van der Waals surface area (Å²) < 4.78 is 5.16. The quantitative estimate of drug-likeness (QED) is 0.904. The number of ether oxygens (including phenoxy) is 1. The molecule has 1 amide bonds. The molecule has 1 saturated heterocycles. The summed E-state index contributed by atoms with van der Waals surface area (Å²) in [6.45, 7) is 2.75. The Labute approximate surface area is 114 Å². The van der Waals surface area contributed by atoms with Crippen LogP contribution in [0, 0.1) is 0 Å². The van der Waals surface area contributed by atoms with Crippen molar-refractivity contribution in [2.45, 2.75) is 38.3 Å². The minimum absolute atomic E-state index is 0.0702. The number of nitrogens with zero attached hydrogens (tertiary/aromatic N) is 1. The van der Waals surface area contributed by atoms with Gasteiger partial charge in [-0.15, -0.1) is 0 Å². The predicted octanol–water partition coefficient (Wildman–Crippen LogP) is 2.10. The lowest BCUT2D eigenvalue weighted by Crippen LogP contribution is -2.42. The van der Waals surface area contributed by atoms with E-state index in [1.807, 2.05) is 36.1 Å². The average molecular weight is 262 g/mol. The zero-order chi connectivity index (χ0) is 13.8. The minimum atomic E-state index is -0.376. The summed E-state index contributed by atoms with van der Waals surface area (Å²) in [6.07, 6.45) is 2.73. The van der Waals surface area contributed by atoms with Crippen LogP contribution in [0.25, 0.3) is 0 Å². The van der Waals surface area contributed by atoms with Gasteiger partial charge in [-0.2, -0.15) is 0 Å². The van der Waals surface area contributed by atoms with Crippen molar-refractivity contribution in [3.05, 3.63) is 29.8 Å². The largest absolute Gasteiger partial charge is 0.497 e. The fraction of sp³-hybridized carbons (Fsp3) is 0.533. The summed E-state index contributed by atoms with van der Waals surface area (Å²) in [7, 11) is 1.65. The van der Waals surface area contributed by atoms with E-state index in [2.05, 4.69) is 0 Å². The summed E-state index contributed by atoms with van der Waals surface area (Å²) in [5.41, 5.74) is 7.03. The maximum Gasteiger partial charge on any atom is 0.239 e. The predicted molar refractivity (Wildman–Crippen MR) is 74.9 cm³/mol. The number of benzene rings is 1. The van der Waals surface area contributed by atoms with Crippen molar-refractivity contribution in [2.75, 3.05) is 13.7 Å². The molecule has 4 heteroatoms. The van der Waals surface area contributed by atoms with Crippen molar-refractivity contribution in [3.63, 3.8) is 0 Å². The molecule has 0 bridgehead atoms. The van der Waals surface area contributed by atoms with Gasteiger partial charge in [0, 0.05) is 6.54 Å². The van der Waals surface area contributed by atoms with E-state index in [9.17, 15) is 4.79 Å². The Balaban J connectivity index is 2.15. The van der Waals surface area contributed by atoms with Gasteiger partial charge in [0.25, 0.3) is 0 Å². The molecule has 1 aliphatic heterocycles. The number of carbonyl (C=O) groups excluding carboxylic acids is 1. The normalized spacial score (nSPS) is 20.4. The van der Waals surface area contributed by atoms with E-state index in [-0.39, 0.29) is 18.0 Å². The van der Waals surface area contributed by atoms with Crippen molar-refractivity contribution in [1.29, 1.82) is 0 Å². The number of hydrogen-bond acceptors (Lipinski definition) is 3. The highest BCUT2D eigenvalue weighted by atomic mass is 16.5. The molecule has 1 aromatic rings. The molecule has 0 radical (unpaired) electrons. The van der Waals surface area contributed by atoms with E-state index >= 15 is 0 Å². The molecule has 1 heterocycles. The second-order valence-electron chi connectivity index (χ2n) is 4.98. The van der Waals surface area contributed by atoms with Crippen LogP contribution in [0.4, 0.5) is 0 Å². The van der Waals surface area contributed by atoms with Crippen LogP contribution in [-0.2, 0) is 4.79 Å². The molecular formula is C15H22N2O2. The summed E-state index contributed by atoms with van der Waals surface area (Å²) in [5.74, 6) is 0.908. The summed E-state index contributed by atoms with van der Waals surface area (Å²) in [4.78, 5) is 14.2. The zero-order valence-corrected chi connectivity index (χ0v) is 11.6. The van der Waals surface area contributed by atoms with Gasteiger partial charge >= 0.3 is 0 Å². The van der Waals surface area contributed by atoms with Gasteiger partial charge in [0.05, 0.1) is 19.2 Å². The summed E-state index contributed by atoms with van der Waals surface area (Å²) in [6, 6.07) is 7.74. The SMILES string of the molecule is CCC(N)C(=O)N1CCCC1c1ccc(OC)cc1. The second kappa shape index (κ2) is 6.06. The van der Waals surface area contributed by atoms with Crippen LogP contribution in [0.1, 0.15) is 37.8 Å². The molecule has 1 aromatic carbocycles. The van der Waals surface area contributed by atoms with Crippen LogP contribution in [0.2, 0.25) is 0 Å². The highest BCUT2D eigenvalue weighted by molar-refractivity contribution is 5.82. The van der Waals surface area contributed by atoms with Crippen molar-refractivity contribution < 1.29 is 9.53 Å². The molecule has 0 spiro atoms. The highest BCUT2D eigenvalue weighted by Crippen LogP contribution is 2.33. The number of carbonyl (C=O) groups is 1. The Bertz CT molecular complexity index is 430. The van der Waals surface area contributed by atoms with Gasteiger partial charge in [-0.3, -0.25) is 4.79 Å². The van der Waals surface area contributed by atoms with Crippen LogP contribution in [0.5, 0.6) is 5.75 Å². The molecule has 0 aromatic heterocycles. The molecule has 1 aliphatic rings. The highest BCUT2D eigenvalue weighted by Gasteiger charge is 2.31. The molecule has 2 unspecified atom stereocenters. The van der Waals surface area contributed by atoms with E-state index in [1.54, 1.807) is 7.11 Å². The fourth-order valence-corrected chi connectivity index (χ4v) is 2.59. The lowest BCUT2D eigenvalue weighted by atomic mass is 10.0. The molecule has 0 aliphatic carbocycles. The van der Waals surface area contributed by atoms with E-state index < -0.39 is 0 Å². The summed E-state index contributed by atoms with van der Waals surface area (Å²) in [5, 5.41) is 0. The molecular weight excluding hydrogens is 240 g/mol. The molecule has 2 N–H and O–H groups in total. The lowest BCUT2D eigenvalue weighted by Gasteiger charge is -2.27. The van der Waals surface area contributed by atoms with Gasteiger partial charge in [0.1, 0.15) is 5.75 Å². The third-order valence-electron chi connectivity index (χ3n) is 3.79. The smallest absolute Gasteiger partial charge is 0.239 e. The molecule has 104 valence electrons. The Morgan fingerprint density at radius 3 is 2.74 bits per heavy atom. The number of nitrogens with two attached hydrogens (primary N) is 1. The Kier molecular flexibility index (Phi) is 4.43. The minimum Gasteiger partial charge on any atom is -0.497 e. The van der Waals surface area contributed by atoms with E-state index in [1.165, 1.54) is 0 Å². The number of likely N-dealkylation sites (tertiary alicyclic amines) is 1. The topological polar surface area (TPSA) is 55.6 Å². The third-order valence-corrected chi connectivity index (χ3v) is 3.79. The Morgan fingerprint density at radius 1 is 1.47 bits per heavy atom. The van der Waals surface area contributed by atoms with Crippen LogP contribution >= 0.6 is 0 Å². The van der Waals surface area contributed by atoms with Gasteiger partial charge in [0.15, 0.2) is 0 Å². The van der Waals surface area contributed by atoms with Crippen LogP contribution in [0.3, 0.4) is 0 Å². The van der Waals surface area contributed by atoms with Gasteiger partial charge in [-0.1, -0.05) is 19.1 Å². The van der Waals surface area contributed by atoms with Crippen LogP contribution in [-0.4, -0.2) is 30.5 Å². The number of amides is 1. The van der Waals surface area contributed by atoms with Crippen LogP contribution < -0.4 is 10.5 Å². The first-order valence-corrected chi connectivity index (χ1v) is 6.87. The van der Waals surface area contributed by atoms with Gasteiger partial charge < -0.3 is 15.4 Å². The first-order valence-electron chi connectivity index (χ1n) is 6.87. The molecule has 0 saturated carbocycles. The molecule has 2 rings (SSSR count). The lowest BCUT2D eigenvalue weighted by molar-refractivity contribution is -0.133. The monoisotopic (exact) mass is 262 g/mol. The van der Waals surface area contributed by atoms with Crippen molar-refractivity contribution >= 4 is 5.91 Å². The molecule has 2 atom stereocenters. The van der Waals surface area contributed by atoms with Crippen LogP contribution in [0.15, 0.2) is 24.3 Å². The Hall–Kier alpha value is -1.55. The van der Waals surface area contributed by atoms with E-state index in [0.717, 1.165) is 30.7 Å². The zero-order valence-electron chi connectivity index (χ0n) is 11.6. The number of hydrogen-bond donors (Lipinski definition) is 1.